The highest BCUT2D eigenvalue weighted by Gasteiger charge is 2.18. The second kappa shape index (κ2) is 11.2. The van der Waals surface area contributed by atoms with E-state index in [0.717, 1.165) is 51.5 Å². The Kier molecular flexibility index (Phi) is 8.92. The summed E-state index contributed by atoms with van der Waals surface area (Å²) in [6, 6.07) is 8.47. The summed E-state index contributed by atoms with van der Waals surface area (Å²) >= 11 is 0. The maximum absolute atomic E-state index is 11.8. The van der Waals surface area contributed by atoms with Crippen molar-refractivity contribution in [3.05, 3.63) is 29.8 Å². The van der Waals surface area contributed by atoms with E-state index in [-0.39, 0.29) is 11.9 Å². The molecule has 0 spiro atoms. The van der Waals surface area contributed by atoms with Crippen molar-refractivity contribution in [2.75, 3.05) is 45.9 Å². The number of benzene rings is 1. The maximum atomic E-state index is 11.8. The molecule has 1 heterocycles. The summed E-state index contributed by atoms with van der Waals surface area (Å²) in [6.45, 7) is 12.7. The van der Waals surface area contributed by atoms with Gasteiger partial charge in [0.25, 0.3) is 0 Å². The zero-order valence-corrected chi connectivity index (χ0v) is 16.7. The molecule has 26 heavy (non-hydrogen) atoms. The summed E-state index contributed by atoms with van der Waals surface area (Å²) in [6.07, 6.45) is 3.51. The van der Waals surface area contributed by atoms with E-state index in [9.17, 15) is 4.79 Å². The number of hydrogen-bond donors (Lipinski definition) is 1. The van der Waals surface area contributed by atoms with Gasteiger partial charge in [-0.2, -0.15) is 0 Å². The Morgan fingerprint density at radius 3 is 2.35 bits per heavy atom. The molecule has 0 aromatic heterocycles. The number of carbonyl (C=O) groups is 1. The number of rotatable bonds is 10. The molecule has 0 bridgehead atoms. The van der Waals surface area contributed by atoms with E-state index in [2.05, 4.69) is 34.2 Å². The molecule has 1 aromatic carbocycles. The first-order valence-electron chi connectivity index (χ1n) is 9.96. The molecule has 5 nitrogen and oxygen atoms in total. The molecule has 2 rings (SSSR count). The predicted octanol–water partition coefficient (Wildman–Crippen LogP) is 2.69. The minimum Gasteiger partial charge on any atom is -0.494 e. The summed E-state index contributed by atoms with van der Waals surface area (Å²) < 4.78 is 5.77. The molecule has 1 saturated heterocycles. The summed E-state index contributed by atoms with van der Waals surface area (Å²) in [5.41, 5.74) is 1.26. The number of nitrogens with one attached hydrogen (secondary N) is 1. The molecule has 1 N–H and O–H groups in total. The van der Waals surface area contributed by atoms with Crippen molar-refractivity contribution in [2.45, 2.75) is 46.1 Å². The molecule has 1 fully saturated rings. The topological polar surface area (TPSA) is 44.8 Å². The zero-order valence-electron chi connectivity index (χ0n) is 16.7. The smallest absolute Gasteiger partial charge is 0.234 e. The molecular weight excluding hydrogens is 326 g/mol. The lowest BCUT2D eigenvalue weighted by molar-refractivity contribution is -0.123. The highest BCUT2D eigenvalue weighted by atomic mass is 16.5. The minimum atomic E-state index is 0.141. The molecule has 1 aliphatic rings. The molecule has 0 aliphatic carbocycles. The Labute approximate surface area is 158 Å². The molecule has 1 aromatic rings. The van der Waals surface area contributed by atoms with E-state index in [0.29, 0.717) is 6.54 Å². The van der Waals surface area contributed by atoms with Gasteiger partial charge in [-0.05, 0) is 58.7 Å². The van der Waals surface area contributed by atoms with Gasteiger partial charge in [0.1, 0.15) is 5.75 Å². The third-order valence-electron chi connectivity index (χ3n) is 4.69. The van der Waals surface area contributed by atoms with E-state index in [4.69, 9.17) is 4.74 Å². The number of amides is 1. The first-order valence-corrected chi connectivity index (χ1v) is 9.96. The molecule has 1 aliphatic heterocycles. The number of aryl methyl sites for hydroxylation is 1. The number of nitrogens with zero attached hydrogens (tertiary/aromatic N) is 2. The van der Waals surface area contributed by atoms with Crippen molar-refractivity contribution in [3.8, 4) is 5.75 Å². The van der Waals surface area contributed by atoms with Crippen LogP contribution in [0.25, 0.3) is 0 Å². The normalized spacial score (nSPS) is 16.0. The van der Waals surface area contributed by atoms with Crippen LogP contribution in [0.2, 0.25) is 0 Å². The Balaban J connectivity index is 1.48. The Morgan fingerprint density at radius 2 is 1.69 bits per heavy atom. The van der Waals surface area contributed by atoms with Crippen molar-refractivity contribution >= 4 is 5.91 Å². The van der Waals surface area contributed by atoms with E-state index in [1.165, 1.54) is 18.4 Å². The molecule has 1 amide bonds. The first-order chi connectivity index (χ1) is 12.5. The molecule has 5 heteroatoms. The first kappa shape index (κ1) is 20.7. The van der Waals surface area contributed by atoms with Crippen LogP contribution >= 0.6 is 0 Å². The maximum Gasteiger partial charge on any atom is 0.234 e. The van der Waals surface area contributed by atoms with Crippen LogP contribution in [0, 0.1) is 6.92 Å². The Bertz CT molecular complexity index is 523. The van der Waals surface area contributed by atoms with Gasteiger partial charge >= 0.3 is 0 Å². The second-order valence-corrected chi connectivity index (χ2v) is 7.56. The van der Waals surface area contributed by atoms with Crippen LogP contribution in [-0.4, -0.2) is 67.6 Å². The Hall–Kier alpha value is -1.59. The SMILES string of the molecule is Cc1ccc(OCCCCCN2CCN(CC(=O)NC(C)C)CC2)cc1. The highest BCUT2D eigenvalue weighted by Crippen LogP contribution is 2.12. The molecule has 0 atom stereocenters. The fraction of sp³-hybridized carbons (Fsp3) is 0.667. The quantitative estimate of drug-likeness (QED) is 0.651. The zero-order chi connectivity index (χ0) is 18.8. The van der Waals surface area contributed by atoms with Crippen LogP contribution in [0.5, 0.6) is 5.75 Å². The third kappa shape index (κ3) is 8.19. The summed E-state index contributed by atoms with van der Waals surface area (Å²) in [5, 5.41) is 2.96. The highest BCUT2D eigenvalue weighted by molar-refractivity contribution is 5.78. The average molecular weight is 362 g/mol. The van der Waals surface area contributed by atoms with E-state index >= 15 is 0 Å². The van der Waals surface area contributed by atoms with Crippen molar-refractivity contribution in [1.29, 1.82) is 0 Å². The van der Waals surface area contributed by atoms with Gasteiger partial charge in [-0.25, -0.2) is 0 Å². The average Bonchev–Trinajstić information content (AvgIpc) is 2.60. The monoisotopic (exact) mass is 361 g/mol. The number of carbonyl (C=O) groups excluding carboxylic acids is 1. The molecule has 0 saturated carbocycles. The molecule has 0 radical (unpaired) electrons. The van der Waals surface area contributed by atoms with Gasteiger partial charge in [-0.1, -0.05) is 17.7 Å². The van der Waals surface area contributed by atoms with Gasteiger partial charge in [0.15, 0.2) is 0 Å². The van der Waals surface area contributed by atoms with Crippen LogP contribution in [0.15, 0.2) is 24.3 Å². The van der Waals surface area contributed by atoms with E-state index < -0.39 is 0 Å². The van der Waals surface area contributed by atoms with Crippen molar-refractivity contribution in [3.63, 3.8) is 0 Å². The van der Waals surface area contributed by atoms with Crippen molar-refractivity contribution in [1.82, 2.24) is 15.1 Å². The standard InChI is InChI=1S/C21H35N3O2/c1-18(2)22-21(25)17-24-14-12-23(13-15-24)11-5-4-6-16-26-20-9-7-19(3)8-10-20/h7-10,18H,4-6,11-17H2,1-3H3,(H,22,25). The fourth-order valence-corrected chi connectivity index (χ4v) is 3.18. The lowest BCUT2D eigenvalue weighted by atomic mass is 10.2. The number of hydrogen-bond acceptors (Lipinski definition) is 4. The minimum absolute atomic E-state index is 0.141. The summed E-state index contributed by atoms with van der Waals surface area (Å²) in [5.74, 6) is 1.11. The number of unbranched alkanes of at least 4 members (excludes halogenated alkanes) is 2. The van der Waals surface area contributed by atoms with Gasteiger partial charge in [0.2, 0.25) is 5.91 Å². The van der Waals surface area contributed by atoms with Gasteiger partial charge in [0.05, 0.1) is 13.2 Å². The number of piperazine rings is 1. The van der Waals surface area contributed by atoms with Gasteiger partial charge < -0.3 is 15.0 Å². The van der Waals surface area contributed by atoms with E-state index in [1.807, 2.05) is 26.0 Å². The van der Waals surface area contributed by atoms with E-state index in [1.54, 1.807) is 0 Å². The third-order valence-corrected chi connectivity index (χ3v) is 4.69. The van der Waals surface area contributed by atoms with Crippen LogP contribution in [0.3, 0.4) is 0 Å². The molecule has 146 valence electrons. The summed E-state index contributed by atoms with van der Waals surface area (Å²) in [7, 11) is 0. The second-order valence-electron chi connectivity index (χ2n) is 7.56. The van der Waals surface area contributed by atoms with Crippen molar-refractivity contribution in [2.24, 2.45) is 0 Å². The van der Waals surface area contributed by atoms with Gasteiger partial charge in [-0.15, -0.1) is 0 Å². The molecular formula is C21H35N3O2. The summed E-state index contributed by atoms with van der Waals surface area (Å²) in [4.78, 5) is 16.6. The lowest BCUT2D eigenvalue weighted by Gasteiger charge is -2.34. The lowest BCUT2D eigenvalue weighted by Crippen LogP contribution is -2.50. The van der Waals surface area contributed by atoms with Crippen LogP contribution < -0.4 is 10.1 Å². The van der Waals surface area contributed by atoms with Gasteiger partial charge in [-0.3, -0.25) is 9.69 Å². The molecule has 0 unspecified atom stereocenters. The largest absolute Gasteiger partial charge is 0.494 e. The van der Waals surface area contributed by atoms with Crippen LogP contribution in [0.1, 0.15) is 38.7 Å². The van der Waals surface area contributed by atoms with Crippen LogP contribution in [0.4, 0.5) is 0 Å². The fourth-order valence-electron chi connectivity index (χ4n) is 3.18. The predicted molar refractivity (Wildman–Crippen MR) is 107 cm³/mol. The number of ether oxygens (including phenoxy) is 1. The Morgan fingerprint density at radius 1 is 1.04 bits per heavy atom. The van der Waals surface area contributed by atoms with Crippen LogP contribution in [-0.2, 0) is 4.79 Å². The van der Waals surface area contributed by atoms with Gasteiger partial charge in [0, 0.05) is 32.2 Å². The van der Waals surface area contributed by atoms with Crippen molar-refractivity contribution < 1.29 is 9.53 Å².